The fourth-order valence-corrected chi connectivity index (χ4v) is 2.33. The fourth-order valence-electron chi connectivity index (χ4n) is 1.54. The summed E-state index contributed by atoms with van der Waals surface area (Å²) in [5.41, 5.74) is 0. The van der Waals surface area contributed by atoms with E-state index >= 15 is 0 Å². The molecule has 0 spiro atoms. The maximum atomic E-state index is 6.30. The molecule has 2 atom stereocenters. The third-order valence-corrected chi connectivity index (χ3v) is 3.64. The summed E-state index contributed by atoms with van der Waals surface area (Å²) in [6, 6.07) is 0. The van der Waals surface area contributed by atoms with E-state index in [2.05, 4.69) is 35.0 Å². The van der Waals surface area contributed by atoms with Crippen LogP contribution in [-0.2, 0) is 0 Å². The van der Waals surface area contributed by atoms with Gasteiger partial charge in [-0.15, -0.1) is 11.6 Å². The van der Waals surface area contributed by atoms with Crippen LogP contribution in [0.5, 0.6) is 0 Å². The Hall–Kier alpha value is 0.250. The molecule has 13 heavy (non-hydrogen) atoms. The summed E-state index contributed by atoms with van der Waals surface area (Å²) in [5, 5.41) is 0. The molecule has 1 aliphatic carbocycles. The average molecular weight is 264 g/mol. The molecular formula is C11H16BrCl. The van der Waals surface area contributed by atoms with Crippen LogP contribution < -0.4 is 0 Å². The largest absolute Gasteiger partial charge is 0.124 e. The van der Waals surface area contributed by atoms with Crippen molar-refractivity contribution in [1.29, 1.82) is 0 Å². The predicted molar refractivity (Wildman–Crippen MR) is 63.4 cm³/mol. The van der Waals surface area contributed by atoms with Crippen molar-refractivity contribution in [1.82, 2.24) is 0 Å². The van der Waals surface area contributed by atoms with Gasteiger partial charge in [-0.1, -0.05) is 66.4 Å². The molecule has 74 valence electrons. The van der Waals surface area contributed by atoms with Crippen molar-refractivity contribution in [3.8, 4) is 0 Å². The van der Waals surface area contributed by atoms with E-state index < -0.39 is 0 Å². The van der Waals surface area contributed by atoms with Crippen LogP contribution in [-0.4, -0.2) is 3.78 Å². The van der Waals surface area contributed by atoms with Gasteiger partial charge in [0.1, 0.15) is 3.78 Å². The lowest BCUT2D eigenvalue weighted by Crippen LogP contribution is -2.22. The Morgan fingerprint density at radius 2 is 2.15 bits per heavy atom. The summed E-state index contributed by atoms with van der Waals surface area (Å²) >= 11 is 9.83. The van der Waals surface area contributed by atoms with Crippen molar-refractivity contribution in [2.45, 2.75) is 36.4 Å². The number of allylic oxidation sites excluding steroid dienone is 4. The first-order valence-corrected chi connectivity index (χ1v) is 6.07. The van der Waals surface area contributed by atoms with E-state index in [-0.39, 0.29) is 3.78 Å². The Balaban J connectivity index is 2.40. The van der Waals surface area contributed by atoms with Crippen molar-refractivity contribution in [3.05, 3.63) is 24.3 Å². The molecule has 0 nitrogen and oxygen atoms in total. The molecular weight excluding hydrogens is 247 g/mol. The number of rotatable bonds is 4. The van der Waals surface area contributed by atoms with Gasteiger partial charge in [0.05, 0.1) is 0 Å². The molecule has 0 heterocycles. The molecule has 0 aromatic rings. The second kappa shape index (κ2) is 5.21. The molecule has 0 aromatic carbocycles. The minimum Gasteiger partial charge on any atom is -0.101 e. The lowest BCUT2D eigenvalue weighted by molar-refractivity contribution is 0.532. The van der Waals surface area contributed by atoms with Gasteiger partial charge in [0.15, 0.2) is 0 Å². The van der Waals surface area contributed by atoms with Gasteiger partial charge in [-0.3, -0.25) is 0 Å². The Bertz CT molecular complexity index is 206. The molecule has 0 aromatic heterocycles. The summed E-state index contributed by atoms with van der Waals surface area (Å²) in [7, 11) is 0. The molecule has 2 heteroatoms. The number of hydrogen-bond donors (Lipinski definition) is 0. The number of halogens is 2. The molecule has 0 saturated carbocycles. The van der Waals surface area contributed by atoms with Gasteiger partial charge in [-0.25, -0.2) is 0 Å². The predicted octanol–water partition coefficient (Wildman–Crippen LogP) is 4.64. The van der Waals surface area contributed by atoms with Crippen molar-refractivity contribution in [3.63, 3.8) is 0 Å². The summed E-state index contributed by atoms with van der Waals surface area (Å²) in [6.07, 6.45) is 13.3. The van der Waals surface area contributed by atoms with Crippen LogP contribution in [0.2, 0.25) is 0 Å². The van der Waals surface area contributed by atoms with E-state index in [4.69, 9.17) is 11.6 Å². The van der Waals surface area contributed by atoms with Gasteiger partial charge >= 0.3 is 0 Å². The lowest BCUT2D eigenvalue weighted by Gasteiger charge is -2.27. The zero-order valence-corrected chi connectivity index (χ0v) is 10.3. The Kier molecular flexibility index (Phi) is 4.54. The molecule has 0 saturated heterocycles. The monoisotopic (exact) mass is 262 g/mol. The SMILES string of the molecule is CCCCCC1C=CC=CC1(Cl)Br. The fraction of sp³-hybridized carbons (Fsp3) is 0.636. The Morgan fingerprint density at radius 1 is 1.38 bits per heavy atom. The van der Waals surface area contributed by atoms with E-state index in [0.717, 1.165) is 0 Å². The first-order valence-electron chi connectivity index (χ1n) is 4.90. The highest BCUT2D eigenvalue weighted by atomic mass is 79.9. The minimum atomic E-state index is -0.338. The molecule has 0 aliphatic heterocycles. The van der Waals surface area contributed by atoms with Crippen molar-refractivity contribution in [2.75, 3.05) is 0 Å². The maximum Gasteiger partial charge on any atom is 0.124 e. The minimum absolute atomic E-state index is 0.338. The average Bonchev–Trinajstić information content (AvgIpc) is 2.08. The molecule has 0 fully saturated rings. The van der Waals surface area contributed by atoms with Gasteiger partial charge in [-0.2, -0.15) is 0 Å². The topological polar surface area (TPSA) is 0 Å². The van der Waals surface area contributed by atoms with E-state index in [1.165, 1.54) is 25.7 Å². The van der Waals surface area contributed by atoms with Crippen LogP contribution in [0.3, 0.4) is 0 Å². The summed E-state index contributed by atoms with van der Waals surface area (Å²) in [5.74, 6) is 0.436. The third kappa shape index (κ3) is 3.47. The highest BCUT2D eigenvalue weighted by Gasteiger charge is 2.30. The molecule has 0 amide bonds. The van der Waals surface area contributed by atoms with Crippen molar-refractivity contribution >= 4 is 27.5 Å². The zero-order valence-electron chi connectivity index (χ0n) is 7.97. The molecule has 0 bridgehead atoms. The van der Waals surface area contributed by atoms with Crippen LogP contribution in [0.15, 0.2) is 24.3 Å². The maximum absolute atomic E-state index is 6.30. The summed E-state index contributed by atoms with van der Waals surface area (Å²) < 4.78 is -0.338. The standard InChI is InChI=1S/C11H16BrCl/c1-2-3-4-7-10-8-5-6-9-11(10,12)13/h5-6,8-10H,2-4,7H2,1H3. The highest BCUT2D eigenvalue weighted by molar-refractivity contribution is 9.10. The number of hydrogen-bond acceptors (Lipinski definition) is 0. The smallest absolute Gasteiger partial charge is 0.101 e. The third-order valence-electron chi connectivity index (χ3n) is 2.39. The first-order chi connectivity index (χ1) is 6.17. The van der Waals surface area contributed by atoms with Crippen molar-refractivity contribution in [2.24, 2.45) is 5.92 Å². The van der Waals surface area contributed by atoms with Gasteiger partial charge in [-0.05, 0) is 6.42 Å². The van der Waals surface area contributed by atoms with Gasteiger partial charge in [0.2, 0.25) is 0 Å². The second-order valence-corrected chi connectivity index (χ2v) is 5.91. The van der Waals surface area contributed by atoms with Gasteiger partial charge in [0, 0.05) is 5.92 Å². The lowest BCUT2D eigenvalue weighted by atomic mass is 9.94. The van der Waals surface area contributed by atoms with Crippen molar-refractivity contribution < 1.29 is 0 Å². The normalized spacial score (nSPS) is 32.4. The van der Waals surface area contributed by atoms with E-state index in [9.17, 15) is 0 Å². The van der Waals surface area contributed by atoms with E-state index in [0.29, 0.717) is 5.92 Å². The molecule has 0 radical (unpaired) electrons. The molecule has 2 unspecified atom stereocenters. The highest BCUT2D eigenvalue weighted by Crippen LogP contribution is 2.40. The quantitative estimate of drug-likeness (QED) is 0.512. The summed E-state index contributed by atoms with van der Waals surface area (Å²) in [6.45, 7) is 2.22. The zero-order chi connectivity index (χ0) is 9.73. The Morgan fingerprint density at radius 3 is 2.77 bits per heavy atom. The first kappa shape index (κ1) is 11.3. The number of alkyl halides is 2. The second-order valence-electron chi connectivity index (χ2n) is 3.52. The van der Waals surface area contributed by atoms with Crippen LogP contribution in [0.1, 0.15) is 32.6 Å². The molecule has 0 N–H and O–H groups in total. The van der Waals surface area contributed by atoms with E-state index in [1.807, 2.05) is 12.2 Å². The Labute approximate surface area is 94.2 Å². The van der Waals surface area contributed by atoms with E-state index in [1.54, 1.807) is 0 Å². The van der Waals surface area contributed by atoms with Crippen LogP contribution >= 0.6 is 27.5 Å². The van der Waals surface area contributed by atoms with Gasteiger partial charge in [0.25, 0.3) is 0 Å². The molecule has 1 rings (SSSR count). The molecule has 1 aliphatic rings. The van der Waals surface area contributed by atoms with Crippen LogP contribution in [0.4, 0.5) is 0 Å². The van der Waals surface area contributed by atoms with Crippen LogP contribution in [0, 0.1) is 5.92 Å². The van der Waals surface area contributed by atoms with Crippen LogP contribution in [0.25, 0.3) is 0 Å². The summed E-state index contributed by atoms with van der Waals surface area (Å²) in [4.78, 5) is 0. The van der Waals surface area contributed by atoms with Gasteiger partial charge < -0.3 is 0 Å². The number of unbranched alkanes of at least 4 members (excludes halogenated alkanes) is 2.